The van der Waals surface area contributed by atoms with E-state index in [0.717, 1.165) is 78.3 Å². The zero-order valence-corrected chi connectivity index (χ0v) is 36.9. The Morgan fingerprint density at radius 1 is 0.873 bits per heavy atom. The number of aryl methyl sites for hydroxylation is 2. The molecule has 0 bridgehead atoms. The molecular formula is C49H47ClN6O6S. The number of ether oxygens (including phenoxy) is 4. The van der Waals surface area contributed by atoms with Crippen LogP contribution in [0.2, 0.25) is 5.02 Å². The lowest BCUT2D eigenvalue weighted by atomic mass is 9.86. The lowest BCUT2D eigenvalue weighted by molar-refractivity contribution is -0.145. The Bertz CT molecular complexity index is 2790. The fraction of sp³-hybridized carbons (Fsp3) is 0.286. The van der Waals surface area contributed by atoms with Gasteiger partial charge in [0.2, 0.25) is 12.0 Å². The van der Waals surface area contributed by atoms with E-state index in [1.807, 2.05) is 67.6 Å². The first kappa shape index (κ1) is 42.2. The van der Waals surface area contributed by atoms with E-state index in [0.29, 0.717) is 56.2 Å². The first-order valence-electron chi connectivity index (χ1n) is 21.0. The maximum absolute atomic E-state index is 13.1. The fourth-order valence-corrected chi connectivity index (χ4v) is 9.47. The van der Waals surface area contributed by atoms with Crippen molar-refractivity contribution in [3.05, 3.63) is 130 Å². The van der Waals surface area contributed by atoms with Crippen LogP contribution in [0.25, 0.3) is 43.2 Å². The molecule has 1 aliphatic carbocycles. The maximum Gasteiger partial charge on any atom is 0.345 e. The summed E-state index contributed by atoms with van der Waals surface area (Å²) in [5.41, 5.74) is 8.28. The molecule has 12 nitrogen and oxygen atoms in total. The lowest BCUT2D eigenvalue weighted by Gasteiger charge is -2.32. The van der Waals surface area contributed by atoms with E-state index in [-0.39, 0.29) is 18.9 Å². The number of hydrogen-bond donors (Lipinski definition) is 1. The van der Waals surface area contributed by atoms with E-state index in [1.54, 1.807) is 19.4 Å². The highest BCUT2D eigenvalue weighted by molar-refractivity contribution is 7.22. The topological polar surface area (TPSA) is 132 Å². The SMILES string of the molecule is COc1ccccc1-c1nccc(COc2ccccc2C[C@@H](Oc2ncnc3sc(-c4ccc5c(c4)CC5)c(-c4ccc(OCCN5CCN(C)CC5)c(Cl)c4C)c23)C(=O)O)n1. The second-order valence-corrected chi connectivity index (χ2v) is 17.2. The third-order valence-electron chi connectivity index (χ3n) is 11.8. The number of carbonyl (C=O) groups is 1. The van der Waals surface area contributed by atoms with E-state index in [1.165, 1.54) is 28.8 Å². The number of aliphatic carboxylic acids is 1. The molecule has 322 valence electrons. The minimum absolute atomic E-state index is 0.00455. The van der Waals surface area contributed by atoms with Crippen LogP contribution in [0, 0.1) is 6.92 Å². The summed E-state index contributed by atoms with van der Waals surface area (Å²) in [6, 6.07) is 27.2. The minimum Gasteiger partial charge on any atom is -0.496 e. The normalized spacial score (nSPS) is 14.5. The average molecular weight is 883 g/mol. The van der Waals surface area contributed by atoms with Crippen molar-refractivity contribution in [2.45, 2.75) is 38.9 Å². The molecule has 0 radical (unpaired) electrons. The molecule has 9 rings (SSSR count). The van der Waals surface area contributed by atoms with Crippen molar-refractivity contribution in [2.24, 2.45) is 0 Å². The summed E-state index contributed by atoms with van der Waals surface area (Å²) in [5, 5.41) is 11.8. The number of halogens is 1. The van der Waals surface area contributed by atoms with Gasteiger partial charge in [-0.25, -0.2) is 24.7 Å². The molecule has 0 spiro atoms. The third-order valence-corrected chi connectivity index (χ3v) is 13.4. The average Bonchev–Trinajstić information content (AvgIpc) is 3.68. The number of benzene rings is 4. The van der Waals surface area contributed by atoms with E-state index in [2.05, 4.69) is 45.0 Å². The Morgan fingerprint density at radius 3 is 2.44 bits per heavy atom. The number of aromatic nitrogens is 4. The van der Waals surface area contributed by atoms with E-state index in [9.17, 15) is 9.90 Å². The van der Waals surface area contributed by atoms with Crippen molar-refractivity contribution in [1.82, 2.24) is 29.7 Å². The van der Waals surface area contributed by atoms with Crippen molar-refractivity contribution in [3.63, 3.8) is 0 Å². The van der Waals surface area contributed by atoms with Gasteiger partial charge in [-0.05, 0) is 90.5 Å². The zero-order chi connectivity index (χ0) is 43.5. The number of methoxy groups -OCH3 is 1. The van der Waals surface area contributed by atoms with Gasteiger partial charge in [0, 0.05) is 55.8 Å². The summed E-state index contributed by atoms with van der Waals surface area (Å²) in [5.74, 6) is 1.31. The van der Waals surface area contributed by atoms with Crippen molar-refractivity contribution >= 4 is 39.1 Å². The Kier molecular flexibility index (Phi) is 12.5. The summed E-state index contributed by atoms with van der Waals surface area (Å²) in [4.78, 5) is 37.9. The molecule has 0 saturated carbocycles. The molecule has 14 heteroatoms. The quantitative estimate of drug-likeness (QED) is 0.0995. The lowest BCUT2D eigenvalue weighted by Crippen LogP contribution is -2.45. The molecule has 4 heterocycles. The van der Waals surface area contributed by atoms with Crippen molar-refractivity contribution in [3.8, 4) is 56.1 Å². The van der Waals surface area contributed by atoms with Crippen LogP contribution in [0.3, 0.4) is 0 Å². The Labute approximate surface area is 375 Å². The second kappa shape index (κ2) is 18.7. The van der Waals surface area contributed by atoms with Gasteiger partial charge >= 0.3 is 5.97 Å². The van der Waals surface area contributed by atoms with Gasteiger partial charge in [0.25, 0.3) is 0 Å². The highest BCUT2D eigenvalue weighted by Gasteiger charge is 2.29. The summed E-state index contributed by atoms with van der Waals surface area (Å²) in [7, 11) is 3.76. The monoisotopic (exact) mass is 882 g/mol. The Morgan fingerprint density at radius 2 is 1.67 bits per heavy atom. The van der Waals surface area contributed by atoms with Crippen LogP contribution in [0.5, 0.6) is 23.1 Å². The summed E-state index contributed by atoms with van der Waals surface area (Å²) in [6.45, 7) is 7.54. The molecule has 7 aromatic rings. The molecule has 0 amide bonds. The molecule has 1 atom stereocenters. The van der Waals surface area contributed by atoms with E-state index in [4.69, 9.17) is 40.5 Å². The number of para-hydroxylation sites is 2. The van der Waals surface area contributed by atoms with Crippen LogP contribution in [-0.2, 0) is 30.7 Å². The molecule has 1 N–H and O–H groups in total. The highest BCUT2D eigenvalue weighted by Crippen LogP contribution is 2.50. The number of carboxylic acids is 1. The van der Waals surface area contributed by atoms with Crippen LogP contribution in [0.15, 0.2) is 97.5 Å². The smallest absolute Gasteiger partial charge is 0.345 e. The maximum atomic E-state index is 13.1. The molecule has 1 aliphatic heterocycles. The van der Waals surface area contributed by atoms with Crippen LogP contribution in [-0.4, -0.2) is 100 Å². The number of carboxylic acid groups (broad SMARTS) is 1. The molecule has 1 fully saturated rings. The number of thiophene rings is 1. The number of rotatable bonds is 16. The van der Waals surface area contributed by atoms with Gasteiger partial charge in [-0.2, -0.15) is 0 Å². The number of nitrogens with zero attached hydrogens (tertiary/aromatic N) is 6. The highest BCUT2D eigenvalue weighted by atomic mass is 35.5. The van der Waals surface area contributed by atoms with Gasteiger partial charge in [0.1, 0.15) is 41.6 Å². The van der Waals surface area contributed by atoms with Crippen LogP contribution in [0.1, 0.15) is 27.9 Å². The fourth-order valence-electron chi connectivity index (χ4n) is 8.11. The van der Waals surface area contributed by atoms with E-state index >= 15 is 0 Å². The second-order valence-electron chi connectivity index (χ2n) is 15.8. The zero-order valence-electron chi connectivity index (χ0n) is 35.3. The van der Waals surface area contributed by atoms with Gasteiger partial charge in [0.15, 0.2) is 5.82 Å². The molecule has 3 aromatic heterocycles. The molecule has 63 heavy (non-hydrogen) atoms. The van der Waals surface area contributed by atoms with Crippen molar-refractivity contribution < 1.29 is 28.8 Å². The van der Waals surface area contributed by atoms with Gasteiger partial charge in [-0.15, -0.1) is 11.3 Å². The number of hydrogen-bond acceptors (Lipinski definition) is 12. The van der Waals surface area contributed by atoms with Gasteiger partial charge in [-0.1, -0.05) is 66.2 Å². The largest absolute Gasteiger partial charge is 0.496 e. The van der Waals surface area contributed by atoms with Gasteiger partial charge < -0.3 is 29.0 Å². The van der Waals surface area contributed by atoms with Gasteiger partial charge in [0.05, 0.1) is 28.8 Å². The van der Waals surface area contributed by atoms with Crippen LogP contribution >= 0.6 is 22.9 Å². The summed E-state index contributed by atoms with van der Waals surface area (Å²) >= 11 is 8.66. The van der Waals surface area contributed by atoms with Crippen LogP contribution < -0.4 is 18.9 Å². The Balaban J connectivity index is 1.01. The first-order valence-corrected chi connectivity index (χ1v) is 22.2. The molecule has 4 aromatic carbocycles. The Hall–Kier alpha value is -6.12. The molecule has 2 aliphatic rings. The standard InChI is InChI=1S/C49H47ClN6O6S/c1-30-36(16-17-40(44(30)50)60-25-24-56-22-20-55(2)21-23-56)42-43-47(52-29-53-48(43)63-45(42)34-15-13-31-12-14-32(31)26-34)62-41(49(57)58)27-33-8-4-6-10-38(33)61-28-35-18-19-51-46(54-35)37-9-5-7-11-39(37)59-3/h4-11,13,15-19,26,29,41H,12,14,20-25,27-28H2,1-3H3,(H,57,58)/t41-/m1/s1. The third kappa shape index (κ3) is 9.05. The molecular weight excluding hydrogens is 836 g/mol. The number of fused-ring (bicyclic) bond motifs is 2. The van der Waals surface area contributed by atoms with Crippen LogP contribution in [0.4, 0.5) is 0 Å². The molecule has 0 unspecified atom stereocenters. The number of piperazine rings is 1. The summed E-state index contributed by atoms with van der Waals surface area (Å²) < 4.78 is 24.6. The van der Waals surface area contributed by atoms with E-state index < -0.39 is 12.1 Å². The number of likely N-dealkylation sites (N-methyl/N-ethyl adjacent to an activating group) is 1. The predicted octanol–water partition coefficient (Wildman–Crippen LogP) is 8.83. The predicted molar refractivity (Wildman–Crippen MR) is 245 cm³/mol. The van der Waals surface area contributed by atoms with Crippen molar-refractivity contribution in [1.29, 1.82) is 0 Å². The minimum atomic E-state index is -1.32. The first-order chi connectivity index (χ1) is 30.7. The molecule has 1 saturated heterocycles. The van der Waals surface area contributed by atoms with Crippen molar-refractivity contribution in [2.75, 3.05) is 53.5 Å². The van der Waals surface area contributed by atoms with Gasteiger partial charge in [-0.3, -0.25) is 4.90 Å². The summed E-state index contributed by atoms with van der Waals surface area (Å²) in [6.07, 6.45) is 3.87.